The van der Waals surface area contributed by atoms with Crippen LogP contribution in [-0.4, -0.2) is 10.9 Å². The maximum atomic E-state index is 13.1. The van der Waals surface area contributed by atoms with Crippen molar-refractivity contribution in [2.24, 2.45) is 0 Å². The molecule has 1 N–H and O–H groups in total. The summed E-state index contributed by atoms with van der Waals surface area (Å²) in [6, 6.07) is 10.9. The Kier molecular flexibility index (Phi) is 5.58. The Bertz CT molecular complexity index is 910. The zero-order valence-corrected chi connectivity index (χ0v) is 14.8. The lowest BCUT2D eigenvalue weighted by atomic mass is 10.2. The molecule has 3 aromatic rings. The third kappa shape index (κ3) is 4.86. The molecule has 0 saturated carbocycles. The van der Waals surface area contributed by atoms with Gasteiger partial charge in [-0.25, -0.2) is 13.8 Å². The van der Waals surface area contributed by atoms with Gasteiger partial charge in [0.25, 0.3) is 0 Å². The molecule has 0 aliphatic rings. The van der Waals surface area contributed by atoms with E-state index in [9.17, 15) is 13.6 Å². The molecule has 134 valence electrons. The molecular weight excluding hydrogens is 358 g/mol. The third-order valence-corrected chi connectivity index (χ3v) is 4.42. The van der Waals surface area contributed by atoms with E-state index in [1.807, 2.05) is 31.2 Å². The number of aryl methyl sites for hydroxylation is 1. The molecule has 0 fully saturated rings. The largest absolute Gasteiger partial charge is 0.487 e. The van der Waals surface area contributed by atoms with Gasteiger partial charge >= 0.3 is 0 Å². The molecule has 1 aromatic heterocycles. The zero-order chi connectivity index (χ0) is 18.5. The molecule has 0 atom stereocenters. The number of halogens is 2. The van der Waals surface area contributed by atoms with Crippen molar-refractivity contribution >= 4 is 22.9 Å². The number of carbonyl (C=O) groups is 1. The lowest BCUT2D eigenvalue weighted by Crippen LogP contribution is -2.14. The van der Waals surface area contributed by atoms with E-state index in [0.29, 0.717) is 10.7 Å². The van der Waals surface area contributed by atoms with E-state index in [-0.39, 0.29) is 24.7 Å². The van der Waals surface area contributed by atoms with Gasteiger partial charge in [-0.15, -0.1) is 11.3 Å². The molecule has 7 heteroatoms. The standard InChI is InChI=1S/C19H16F2N2O2S/c1-12-2-4-13(5-3-12)22-18(24)9-19-23-14(11-26-19)10-25-15-6-7-16(20)17(21)8-15/h2-8,11H,9-10H2,1H3,(H,22,24). The SMILES string of the molecule is Cc1ccc(NC(=O)Cc2nc(COc3ccc(F)c(F)c3)cs2)cc1. The van der Waals surface area contributed by atoms with Crippen molar-refractivity contribution in [2.75, 3.05) is 5.32 Å². The molecule has 1 amide bonds. The zero-order valence-electron chi connectivity index (χ0n) is 14.0. The van der Waals surface area contributed by atoms with Crippen molar-refractivity contribution in [3.8, 4) is 5.75 Å². The molecule has 3 rings (SSSR count). The number of anilines is 1. The van der Waals surface area contributed by atoms with Crippen molar-refractivity contribution < 1.29 is 18.3 Å². The van der Waals surface area contributed by atoms with Gasteiger partial charge in [0.05, 0.1) is 12.1 Å². The molecule has 0 aliphatic heterocycles. The second kappa shape index (κ2) is 8.05. The number of hydrogen-bond donors (Lipinski definition) is 1. The molecule has 4 nitrogen and oxygen atoms in total. The van der Waals surface area contributed by atoms with Crippen LogP contribution in [0, 0.1) is 18.6 Å². The summed E-state index contributed by atoms with van der Waals surface area (Å²) < 4.78 is 31.4. The van der Waals surface area contributed by atoms with E-state index in [1.54, 1.807) is 5.38 Å². The summed E-state index contributed by atoms with van der Waals surface area (Å²) >= 11 is 1.35. The van der Waals surface area contributed by atoms with Crippen molar-refractivity contribution in [3.05, 3.63) is 75.7 Å². The van der Waals surface area contributed by atoms with Crippen molar-refractivity contribution in [3.63, 3.8) is 0 Å². The van der Waals surface area contributed by atoms with Crippen LogP contribution < -0.4 is 10.1 Å². The van der Waals surface area contributed by atoms with Gasteiger partial charge < -0.3 is 10.1 Å². The van der Waals surface area contributed by atoms with Crippen molar-refractivity contribution in [1.82, 2.24) is 4.98 Å². The van der Waals surface area contributed by atoms with E-state index in [4.69, 9.17) is 4.74 Å². The second-order valence-electron chi connectivity index (χ2n) is 5.69. The van der Waals surface area contributed by atoms with E-state index in [2.05, 4.69) is 10.3 Å². The number of rotatable bonds is 6. The van der Waals surface area contributed by atoms with Crippen molar-refractivity contribution in [1.29, 1.82) is 0 Å². The fraction of sp³-hybridized carbons (Fsp3) is 0.158. The molecular formula is C19H16F2N2O2S. The van der Waals surface area contributed by atoms with Gasteiger partial charge in [0, 0.05) is 17.1 Å². The summed E-state index contributed by atoms with van der Waals surface area (Å²) in [6.45, 7) is 2.09. The van der Waals surface area contributed by atoms with Crippen molar-refractivity contribution in [2.45, 2.75) is 20.0 Å². The minimum Gasteiger partial charge on any atom is -0.487 e. The Morgan fingerprint density at radius 3 is 2.65 bits per heavy atom. The van der Waals surface area contributed by atoms with Gasteiger partial charge in [-0.2, -0.15) is 0 Å². The van der Waals surface area contributed by atoms with E-state index in [1.165, 1.54) is 17.4 Å². The predicted molar refractivity (Wildman–Crippen MR) is 96.3 cm³/mol. The summed E-state index contributed by atoms with van der Waals surface area (Å²) in [6.07, 6.45) is 0.156. The van der Waals surface area contributed by atoms with Crippen LogP contribution in [0.15, 0.2) is 47.8 Å². The number of aromatic nitrogens is 1. The van der Waals surface area contributed by atoms with Gasteiger partial charge in [0.2, 0.25) is 5.91 Å². The number of ether oxygens (including phenoxy) is 1. The summed E-state index contributed by atoms with van der Waals surface area (Å²) in [5.41, 5.74) is 2.48. The highest BCUT2D eigenvalue weighted by atomic mass is 32.1. The molecule has 0 spiro atoms. The van der Waals surface area contributed by atoms with Crippen LogP contribution in [0.2, 0.25) is 0 Å². The fourth-order valence-electron chi connectivity index (χ4n) is 2.20. The number of carbonyl (C=O) groups excluding carboxylic acids is 1. The minimum absolute atomic E-state index is 0.112. The quantitative estimate of drug-likeness (QED) is 0.692. The highest BCUT2D eigenvalue weighted by molar-refractivity contribution is 7.09. The first kappa shape index (κ1) is 18.0. The van der Waals surface area contributed by atoms with Crippen LogP contribution in [0.4, 0.5) is 14.5 Å². The molecule has 26 heavy (non-hydrogen) atoms. The maximum Gasteiger partial charge on any atom is 0.231 e. The molecule has 1 heterocycles. The maximum absolute atomic E-state index is 13.1. The number of nitrogens with one attached hydrogen (secondary N) is 1. The molecule has 0 saturated heterocycles. The fourth-order valence-corrected chi connectivity index (χ4v) is 2.98. The number of hydrogen-bond acceptors (Lipinski definition) is 4. The number of amides is 1. The summed E-state index contributed by atoms with van der Waals surface area (Å²) in [7, 11) is 0. The third-order valence-electron chi connectivity index (χ3n) is 3.52. The molecule has 2 aromatic carbocycles. The molecule has 0 radical (unpaired) electrons. The Morgan fingerprint density at radius 1 is 1.15 bits per heavy atom. The first-order valence-corrected chi connectivity index (χ1v) is 8.75. The Hall–Kier alpha value is -2.80. The monoisotopic (exact) mass is 374 g/mol. The highest BCUT2D eigenvalue weighted by Gasteiger charge is 2.10. The van der Waals surface area contributed by atoms with E-state index in [0.717, 1.165) is 23.4 Å². The predicted octanol–water partition coefficient (Wildman–Crippen LogP) is 4.49. The Morgan fingerprint density at radius 2 is 1.92 bits per heavy atom. The van der Waals surface area contributed by atoms with E-state index >= 15 is 0 Å². The van der Waals surface area contributed by atoms with Crippen LogP contribution in [0.5, 0.6) is 5.75 Å². The van der Waals surface area contributed by atoms with Crippen LogP contribution >= 0.6 is 11.3 Å². The smallest absolute Gasteiger partial charge is 0.231 e. The van der Waals surface area contributed by atoms with Gasteiger partial charge in [-0.3, -0.25) is 4.79 Å². The first-order valence-electron chi connectivity index (χ1n) is 7.87. The topological polar surface area (TPSA) is 51.2 Å². The van der Waals surface area contributed by atoms with Crippen LogP contribution in [-0.2, 0) is 17.8 Å². The van der Waals surface area contributed by atoms with Crippen LogP contribution in [0.25, 0.3) is 0 Å². The highest BCUT2D eigenvalue weighted by Crippen LogP contribution is 2.18. The average Bonchev–Trinajstić information content (AvgIpc) is 3.05. The summed E-state index contributed by atoms with van der Waals surface area (Å²) in [5, 5.41) is 5.24. The summed E-state index contributed by atoms with van der Waals surface area (Å²) in [5.74, 6) is -1.83. The average molecular weight is 374 g/mol. The lowest BCUT2D eigenvalue weighted by molar-refractivity contribution is -0.115. The Labute approximate surface area is 153 Å². The minimum atomic E-state index is -0.964. The number of nitrogens with zero attached hydrogens (tertiary/aromatic N) is 1. The normalized spacial score (nSPS) is 10.6. The second-order valence-corrected chi connectivity index (χ2v) is 6.63. The lowest BCUT2D eigenvalue weighted by Gasteiger charge is -2.05. The Balaban J connectivity index is 1.53. The summed E-state index contributed by atoms with van der Waals surface area (Å²) in [4.78, 5) is 16.4. The van der Waals surface area contributed by atoms with Gasteiger partial charge in [0.15, 0.2) is 11.6 Å². The number of thiazole rings is 1. The molecule has 0 unspecified atom stereocenters. The molecule has 0 aliphatic carbocycles. The van der Waals surface area contributed by atoms with Gasteiger partial charge in [-0.1, -0.05) is 17.7 Å². The van der Waals surface area contributed by atoms with Crippen LogP contribution in [0.1, 0.15) is 16.3 Å². The number of benzene rings is 2. The van der Waals surface area contributed by atoms with Gasteiger partial charge in [0.1, 0.15) is 17.4 Å². The van der Waals surface area contributed by atoms with Gasteiger partial charge in [-0.05, 0) is 31.2 Å². The first-order chi connectivity index (χ1) is 12.5. The molecule has 0 bridgehead atoms. The van der Waals surface area contributed by atoms with E-state index < -0.39 is 11.6 Å². The van der Waals surface area contributed by atoms with Crippen LogP contribution in [0.3, 0.4) is 0 Å².